The van der Waals surface area contributed by atoms with Crippen LogP contribution in [0.2, 0.25) is 0 Å². The summed E-state index contributed by atoms with van der Waals surface area (Å²) in [5.41, 5.74) is 6.68. The Kier molecular flexibility index (Phi) is 9.29. The summed E-state index contributed by atoms with van der Waals surface area (Å²) in [5.74, 6) is 8.91. The minimum Gasteiger partial charge on any atom is -0.453 e. The molecule has 6 fully saturated rings. The van der Waals surface area contributed by atoms with Crippen molar-refractivity contribution in [1.82, 2.24) is 40.4 Å². The van der Waals surface area contributed by atoms with E-state index in [-0.39, 0.29) is 41.4 Å². The van der Waals surface area contributed by atoms with Gasteiger partial charge in [-0.05, 0) is 88.4 Å². The second kappa shape index (κ2) is 15.3. The zero-order valence-electron chi connectivity index (χ0n) is 36.9. The van der Waals surface area contributed by atoms with Gasteiger partial charge in [-0.2, -0.15) is 0 Å². The molecular formula is C53H46N8O6. The summed E-state index contributed by atoms with van der Waals surface area (Å²) >= 11 is 0. The summed E-state index contributed by atoms with van der Waals surface area (Å²) in [6.45, 7) is 2.25. The minimum atomic E-state index is -0.885. The molecule has 5 aromatic carbocycles. The van der Waals surface area contributed by atoms with Crippen molar-refractivity contribution in [2.75, 3.05) is 14.2 Å². The summed E-state index contributed by atoms with van der Waals surface area (Å²) < 4.78 is 9.79. The van der Waals surface area contributed by atoms with Crippen LogP contribution >= 0.6 is 0 Å². The van der Waals surface area contributed by atoms with E-state index in [1.54, 1.807) is 6.20 Å². The van der Waals surface area contributed by atoms with Crippen LogP contribution < -0.4 is 10.6 Å². The number of benzene rings is 5. The van der Waals surface area contributed by atoms with Gasteiger partial charge in [-0.1, -0.05) is 104 Å². The van der Waals surface area contributed by atoms with Gasteiger partial charge in [0.2, 0.25) is 0 Å². The standard InChI is InChI=1S/C53H46N8O6/c1-53-40-41(53)46(53)61(50(63)43(59-52(65)67-3)32-12-8-5-9-13-32)45(40)48-55-36-23-21-33-24-29(18-22-35(33)44(36)57-48)15-14-28-16-19-30(20-17-28)37-27-54-47(56-37)39-26-34-25-38(34)60(39)49(62)42(58-51(64)66-2)31-10-6-4-7-11-31/h4-13,16-24,27,34,38-43,45-46H,25-26H2,1-3H3,(H,54,56)(H,55,57)(H,58,64)(H,59,65)/t34-,38-,39+,40?,41-,42-,43-,45+,46+,53-/m1/s1. The third-order valence-corrected chi connectivity index (χ3v) is 15.0. The van der Waals surface area contributed by atoms with E-state index < -0.39 is 24.3 Å². The average Bonchev–Trinajstić information content (AvgIpc) is 4.00. The molecule has 13 rings (SSSR count). The largest absolute Gasteiger partial charge is 0.453 e. The van der Waals surface area contributed by atoms with Gasteiger partial charge >= 0.3 is 12.2 Å². The Hall–Kier alpha value is -7.92. The number of H-pyrrole nitrogens is 2. The van der Waals surface area contributed by atoms with Crippen LogP contribution in [0.1, 0.15) is 77.8 Å². The molecule has 3 aliphatic carbocycles. The molecule has 3 saturated heterocycles. The molecule has 6 aliphatic rings. The number of piperidine rings is 2. The summed E-state index contributed by atoms with van der Waals surface area (Å²) in [6.07, 6.45) is 2.22. The van der Waals surface area contributed by atoms with E-state index in [1.165, 1.54) is 14.2 Å². The predicted molar refractivity (Wildman–Crippen MR) is 248 cm³/mol. The summed E-state index contributed by atoms with van der Waals surface area (Å²) in [4.78, 5) is 74.2. The molecule has 334 valence electrons. The first-order valence-corrected chi connectivity index (χ1v) is 22.7. The zero-order chi connectivity index (χ0) is 45.7. The van der Waals surface area contributed by atoms with Gasteiger partial charge in [-0.25, -0.2) is 19.6 Å². The SMILES string of the molecule is COC(=O)N[C@@H](C(=O)N1[C@H](c2nc3c(ccc4cc(C#Cc5ccc(-c6cnc([C@@H]7C[C@H]8C[C@H]8N7C(=O)[C@H](NC(=O)OC)c7ccccc7)[nH]6)cc5)ccc43)[nH]2)C2[C@@H]3[C@H]1[C@]23C)c1ccccc1. The van der Waals surface area contributed by atoms with E-state index in [4.69, 9.17) is 19.4 Å². The number of aromatic nitrogens is 4. The molecule has 0 spiro atoms. The van der Waals surface area contributed by atoms with Crippen molar-refractivity contribution in [3.63, 3.8) is 0 Å². The van der Waals surface area contributed by atoms with Crippen molar-refractivity contribution in [2.24, 2.45) is 23.2 Å². The minimum absolute atomic E-state index is 0.0617. The Morgan fingerprint density at radius 2 is 1.36 bits per heavy atom. The fraction of sp³-hybridized carbons (Fsp3) is 0.283. The second-order valence-electron chi connectivity index (χ2n) is 18.6. The molecule has 1 unspecified atom stereocenters. The number of likely N-dealkylation sites (tertiary alicyclic amines) is 1. The number of carbonyl (C=O) groups is 4. The molecule has 7 aromatic rings. The second-order valence-corrected chi connectivity index (χ2v) is 18.6. The normalized spacial score (nSPS) is 25.6. The molecule has 10 atom stereocenters. The van der Waals surface area contributed by atoms with E-state index in [0.717, 1.165) is 62.9 Å². The zero-order valence-corrected chi connectivity index (χ0v) is 36.9. The highest BCUT2D eigenvalue weighted by Gasteiger charge is 2.94. The first kappa shape index (κ1) is 40.6. The third kappa shape index (κ3) is 6.62. The van der Waals surface area contributed by atoms with Crippen LogP contribution in [0.15, 0.2) is 121 Å². The number of rotatable bonds is 9. The first-order valence-electron chi connectivity index (χ1n) is 22.7. The highest BCUT2D eigenvalue weighted by atomic mass is 16.5. The number of fused-ring (bicyclic) bond motifs is 5. The Labute approximate surface area is 385 Å². The van der Waals surface area contributed by atoms with Crippen LogP contribution in [0.5, 0.6) is 0 Å². The van der Waals surface area contributed by atoms with Crippen LogP contribution in [0, 0.1) is 35.0 Å². The fourth-order valence-corrected chi connectivity index (χ4v) is 11.5. The van der Waals surface area contributed by atoms with Gasteiger partial charge < -0.3 is 39.9 Å². The number of ether oxygens (including phenoxy) is 2. The van der Waals surface area contributed by atoms with E-state index in [2.05, 4.69) is 57.6 Å². The number of nitrogens with one attached hydrogen (secondary N) is 4. The van der Waals surface area contributed by atoms with E-state index in [0.29, 0.717) is 34.7 Å². The van der Waals surface area contributed by atoms with E-state index >= 15 is 0 Å². The van der Waals surface area contributed by atoms with Crippen LogP contribution in [-0.4, -0.2) is 80.0 Å². The number of methoxy groups -OCH3 is 2. The maximum atomic E-state index is 14.4. The summed E-state index contributed by atoms with van der Waals surface area (Å²) in [5, 5.41) is 7.53. The van der Waals surface area contributed by atoms with Crippen molar-refractivity contribution >= 4 is 45.8 Å². The van der Waals surface area contributed by atoms with Gasteiger partial charge in [-0.15, -0.1) is 0 Å². The van der Waals surface area contributed by atoms with Gasteiger partial charge in [0.15, 0.2) is 0 Å². The average molecular weight is 891 g/mol. The Bertz CT molecular complexity index is 3210. The fourth-order valence-electron chi connectivity index (χ4n) is 11.5. The van der Waals surface area contributed by atoms with Crippen molar-refractivity contribution in [1.29, 1.82) is 0 Å². The van der Waals surface area contributed by atoms with Gasteiger partial charge in [0.05, 0.1) is 49.2 Å². The Morgan fingerprint density at radius 3 is 2.01 bits per heavy atom. The molecule has 14 nitrogen and oxygen atoms in total. The molecule has 67 heavy (non-hydrogen) atoms. The Balaban J connectivity index is 0.753. The van der Waals surface area contributed by atoms with Crippen LogP contribution in [0.3, 0.4) is 0 Å². The molecule has 3 saturated carbocycles. The Morgan fingerprint density at radius 1 is 0.731 bits per heavy atom. The van der Waals surface area contributed by atoms with E-state index in [1.807, 2.05) is 107 Å². The van der Waals surface area contributed by atoms with Gasteiger partial charge in [0.1, 0.15) is 23.7 Å². The lowest BCUT2D eigenvalue weighted by atomic mass is 10.0. The lowest BCUT2D eigenvalue weighted by Crippen LogP contribution is -2.44. The number of alkyl carbamates (subject to hydrolysis) is 2. The molecule has 4 N–H and O–H groups in total. The number of hydrogen-bond acceptors (Lipinski definition) is 8. The molecule has 4 amide bonds. The van der Waals surface area contributed by atoms with E-state index in [9.17, 15) is 19.2 Å². The highest BCUT2D eigenvalue weighted by molar-refractivity contribution is 6.04. The molecule has 2 aromatic heterocycles. The molecule has 5 heterocycles. The molecular weight excluding hydrogens is 845 g/mol. The number of hydrogen-bond donors (Lipinski definition) is 4. The maximum Gasteiger partial charge on any atom is 0.407 e. The number of imidazole rings is 2. The monoisotopic (exact) mass is 890 g/mol. The molecule has 3 aliphatic heterocycles. The van der Waals surface area contributed by atoms with Crippen LogP contribution in [0.25, 0.3) is 33.1 Å². The van der Waals surface area contributed by atoms with Crippen LogP contribution in [0.4, 0.5) is 9.59 Å². The van der Waals surface area contributed by atoms with Crippen molar-refractivity contribution in [3.8, 4) is 23.1 Å². The number of nitrogens with zero attached hydrogens (tertiary/aromatic N) is 4. The van der Waals surface area contributed by atoms with Gasteiger partial charge in [-0.3, -0.25) is 9.59 Å². The van der Waals surface area contributed by atoms with Crippen molar-refractivity contribution < 1.29 is 28.7 Å². The topological polar surface area (TPSA) is 175 Å². The number of carbonyl (C=O) groups excluding carboxylic acids is 4. The molecule has 14 heteroatoms. The van der Waals surface area contributed by atoms with Crippen molar-refractivity contribution in [3.05, 3.63) is 155 Å². The lowest BCUT2D eigenvalue weighted by molar-refractivity contribution is -0.136. The lowest BCUT2D eigenvalue weighted by Gasteiger charge is -2.30. The van der Waals surface area contributed by atoms with Gasteiger partial charge in [0, 0.05) is 28.6 Å². The van der Waals surface area contributed by atoms with Gasteiger partial charge in [0.25, 0.3) is 11.8 Å². The summed E-state index contributed by atoms with van der Waals surface area (Å²) in [7, 11) is 2.59. The highest BCUT2D eigenvalue weighted by Crippen LogP contribution is 2.90. The smallest absolute Gasteiger partial charge is 0.407 e. The molecule has 2 bridgehead atoms. The maximum absolute atomic E-state index is 14.4. The number of amides is 4. The van der Waals surface area contributed by atoms with Crippen molar-refractivity contribution in [2.45, 2.75) is 56.0 Å². The third-order valence-electron chi connectivity index (χ3n) is 15.0. The quantitative estimate of drug-likeness (QED) is 0.106. The van der Waals surface area contributed by atoms with Crippen LogP contribution in [-0.2, 0) is 19.1 Å². The molecule has 0 radical (unpaired) electrons. The first-order chi connectivity index (χ1) is 32.6. The number of aromatic amines is 2. The predicted octanol–water partition coefficient (Wildman–Crippen LogP) is 7.88. The summed E-state index contributed by atoms with van der Waals surface area (Å²) in [6, 6.07) is 34.7.